The summed E-state index contributed by atoms with van der Waals surface area (Å²) in [6.07, 6.45) is 1.28. The van der Waals surface area contributed by atoms with Crippen LogP contribution in [0.4, 0.5) is 10.1 Å². The van der Waals surface area contributed by atoms with Crippen molar-refractivity contribution in [3.8, 4) is 11.1 Å². The Balaban J connectivity index is 1.35. The Bertz CT molecular complexity index is 1410. The van der Waals surface area contributed by atoms with Crippen LogP contribution in [-0.2, 0) is 21.4 Å². The van der Waals surface area contributed by atoms with Gasteiger partial charge in [0.2, 0.25) is 5.91 Å². The summed E-state index contributed by atoms with van der Waals surface area (Å²) in [5.41, 5.74) is 2.73. The van der Waals surface area contributed by atoms with E-state index in [9.17, 15) is 18.3 Å². The van der Waals surface area contributed by atoms with Gasteiger partial charge < -0.3 is 10.0 Å². The molecular formula is C26H27ClFN3O4S2. The van der Waals surface area contributed by atoms with E-state index in [1.807, 2.05) is 24.3 Å². The number of carbonyl (C=O) groups is 1. The molecule has 2 N–H and O–H groups in total. The molecule has 1 aromatic heterocycles. The van der Waals surface area contributed by atoms with E-state index in [2.05, 4.69) is 9.62 Å². The van der Waals surface area contributed by atoms with Gasteiger partial charge in [-0.1, -0.05) is 41.9 Å². The molecule has 2 aliphatic rings. The zero-order chi connectivity index (χ0) is 26.2. The van der Waals surface area contributed by atoms with E-state index in [1.165, 1.54) is 23.1 Å². The maximum absolute atomic E-state index is 15.4. The van der Waals surface area contributed by atoms with Crippen LogP contribution in [0.2, 0.25) is 4.34 Å². The van der Waals surface area contributed by atoms with Crippen LogP contribution < -0.4 is 9.62 Å². The molecular weight excluding hydrogens is 537 g/mol. The summed E-state index contributed by atoms with van der Waals surface area (Å²) >= 11 is 6.78. The zero-order valence-corrected chi connectivity index (χ0v) is 22.3. The first-order valence-electron chi connectivity index (χ1n) is 12.1. The Morgan fingerprint density at radius 2 is 1.92 bits per heavy atom. The first kappa shape index (κ1) is 26.3. The number of amides is 1. The Hall–Kier alpha value is -2.34. The van der Waals surface area contributed by atoms with Crippen LogP contribution in [0, 0.1) is 5.82 Å². The summed E-state index contributed by atoms with van der Waals surface area (Å²) in [5.74, 6) is -1.04. The number of benzene rings is 2. The number of aliphatic hydroxyl groups is 1. The predicted octanol–water partition coefficient (Wildman–Crippen LogP) is 4.25. The fourth-order valence-corrected chi connectivity index (χ4v) is 7.66. The molecule has 3 heterocycles. The lowest BCUT2D eigenvalue weighted by Gasteiger charge is -2.32. The molecule has 7 nitrogen and oxygen atoms in total. The number of nitrogens with one attached hydrogen (secondary N) is 1. The molecule has 3 aromatic rings. The summed E-state index contributed by atoms with van der Waals surface area (Å²) in [7, 11) is -3.93. The molecule has 196 valence electrons. The van der Waals surface area contributed by atoms with Gasteiger partial charge in [0.25, 0.3) is 10.0 Å². The van der Waals surface area contributed by atoms with Gasteiger partial charge in [0.05, 0.1) is 16.1 Å². The minimum atomic E-state index is -3.93. The summed E-state index contributed by atoms with van der Waals surface area (Å²) < 4.78 is 43.7. The number of sulfonamides is 1. The summed E-state index contributed by atoms with van der Waals surface area (Å²) in [6, 6.07) is 14.4. The van der Waals surface area contributed by atoms with E-state index in [-0.39, 0.29) is 16.0 Å². The molecule has 1 amide bonds. The van der Waals surface area contributed by atoms with E-state index in [4.69, 9.17) is 11.6 Å². The van der Waals surface area contributed by atoms with E-state index in [0.29, 0.717) is 42.4 Å². The van der Waals surface area contributed by atoms with Crippen LogP contribution in [0.5, 0.6) is 0 Å². The van der Waals surface area contributed by atoms with Gasteiger partial charge in [-0.15, -0.1) is 11.3 Å². The third-order valence-electron chi connectivity index (χ3n) is 6.76. The van der Waals surface area contributed by atoms with Crippen LogP contribution in [0.1, 0.15) is 24.8 Å². The molecule has 0 saturated carbocycles. The lowest BCUT2D eigenvalue weighted by Crippen LogP contribution is -2.52. The Kier molecular flexibility index (Phi) is 7.67. The second-order valence-corrected chi connectivity index (χ2v) is 13.0. The van der Waals surface area contributed by atoms with Gasteiger partial charge in [0, 0.05) is 26.2 Å². The number of likely N-dealkylation sites (tertiary alicyclic amines) is 1. The fraction of sp³-hybridized carbons (Fsp3) is 0.346. The number of piperidine rings is 1. The highest BCUT2D eigenvalue weighted by atomic mass is 35.5. The number of anilines is 1. The second kappa shape index (κ2) is 10.8. The first-order valence-corrected chi connectivity index (χ1v) is 14.8. The second-order valence-electron chi connectivity index (χ2n) is 9.37. The maximum atomic E-state index is 15.4. The van der Waals surface area contributed by atoms with Gasteiger partial charge in [-0.25, -0.2) is 12.8 Å². The molecule has 0 bridgehead atoms. The first-order chi connectivity index (χ1) is 17.7. The highest BCUT2D eigenvalue weighted by Crippen LogP contribution is 2.32. The SMILES string of the molecule is O=C1C(NS(=O)(=O)c2ccc(Cl)s2)CCCN1c1ccc(-c2ccccc2CN2CCC(O)C2)cc1F. The lowest BCUT2D eigenvalue weighted by molar-refractivity contribution is -0.121. The third-order valence-corrected chi connectivity index (χ3v) is 9.95. The molecule has 0 aliphatic carbocycles. The van der Waals surface area contributed by atoms with Crippen molar-refractivity contribution >= 4 is 44.6 Å². The van der Waals surface area contributed by atoms with Gasteiger partial charge in [0.1, 0.15) is 16.1 Å². The number of halogens is 2. The van der Waals surface area contributed by atoms with Crippen molar-refractivity contribution in [1.82, 2.24) is 9.62 Å². The minimum absolute atomic E-state index is 0.0278. The number of nitrogens with zero attached hydrogens (tertiary/aromatic N) is 2. The monoisotopic (exact) mass is 563 g/mol. The normalized spacial score (nSPS) is 21.1. The number of thiophene rings is 1. The van der Waals surface area contributed by atoms with Gasteiger partial charge in [-0.2, -0.15) is 4.72 Å². The number of aliphatic hydroxyl groups excluding tert-OH is 1. The number of carbonyl (C=O) groups excluding carboxylic acids is 1. The van der Waals surface area contributed by atoms with Gasteiger partial charge in [0.15, 0.2) is 0 Å². The number of β-amino-alcohol motifs (C(OH)–C–C–N with tert-alkyl or cyclic N) is 1. The van der Waals surface area contributed by atoms with Crippen molar-refractivity contribution in [1.29, 1.82) is 0 Å². The van der Waals surface area contributed by atoms with Crippen LogP contribution in [0.3, 0.4) is 0 Å². The molecule has 5 rings (SSSR count). The smallest absolute Gasteiger partial charge is 0.250 e. The van der Waals surface area contributed by atoms with Crippen molar-refractivity contribution < 1.29 is 22.7 Å². The zero-order valence-electron chi connectivity index (χ0n) is 19.9. The summed E-state index contributed by atoms with van der Waals surface area (Å²) in [6.45, 7) is 2.37. The van der Waals surface area contributed by atoms with Crippen molar-refractivity contribution in [3.63, 3.8) is 0 Å². The van der Waals surface area contributed by atoms with E-state index in [0.717, 1.165) is 35.4 Å². The lowest BCUT2D eigenvalue weighted by atomic mass is 9.98. The standard InChI is InChI=1S/C26H27ClFN3O4S2/c27-24-9-10-25(36-24)37(34,35)29-22-6-3-12-31(26(22)33)23-8-7-17(14-21(23)28)20-5-2-1-4-18(20)15-30-13-11-19(32)16-30/h1-2,4-5,7-10,14,19,22,29,32H,3,6,11-13,15-16H2. The average molecular weight is 564 g/mol. The molecule has 0 radical (unpaired) electrons. The molecule has 2 atom stereocenters. The maximum Gasteiger partial charge on any atom is 0.250 e. The molecule has 2 unspecified atom stereocenters. The van der Waals surface area contributed by atoms with Crippen molar-refractivity contribution in [2.75, 3.05) is 24.5 Å². The minimum Gasteiger partial charge on any atom is -0.392 e. The quantitative estimate of drug-likeness (QED) is 0.449. The summed E-state index contributed by atoms with van der Waals surface area (Å²) in [5, 5.41) is 9.85. The molecule has 37 heavy (non-hydrogen) atoms. The Labute approximate surface area is 224 Å². The predicted molar refractivity (Wildman–Crippen MR) is 143 cm³/mol. The summed E-state index contributed by atoms with van der Waals surface area (Å²) in [4.78, 5) is 16.7. The Morgan fingerprint density at radius 3 is 2.62 bits per heavy atom. The van der Waals surface area contributed by atoms with Crippen molar-refractivity contribution in [3.05, 3.63) is 70.3 Å². The molecule has 2 aliphatic heterocycles. The van der Waals surface area contributed by atoms with E-state index in [1.54, 1.807) is 12.1 Å². The molecule has 2 aromatic carbocycles. The highest BCUT2D eigenvalue weighted by Gasteiger charge is 2.34. The van der Waals surface area contributed by atoms with Gasteiger partial charge in [-0.3, -0.25) is 9.69 Å². The highest BCUT2D eigenvalue weighted by molar-refractivity contribution is 7.91. The van der Waals surface area contributed by atoms with Crippen molar-refractivity contribution in [2.24, 2.45) is 0 Å². The number of hydrogen-bond donors (Lipinski definition) is 2. The third kappa shape index (κ3) is 5.74. The molecule has 2 fully saturated rings. The van der Waals surface area contributed by atoms with Gasteiger partial charge >= 0.3 is 0 Å². The van der Waals surface area contributed by atoms with Gasteiger partial charge in [-0.05, 0) is 60.2 Å². The topological polar surface area (TPSA) is 90.0 Å². The number of rotatable bonds is 7. The largest absolute Gasteiger partial charge is 0.392 e. The number of hydrogen-bond acceptors (Lipinski definition) is 6. The molecule has 11 heteroatoms. The van der Waals surface area contributed by atoms with Crippen molar-refractivity contribution in [2.45, 2.75) is 42.2 Å². The van der Waals surface area contributed by atoms with E-state index < -0.39 is 27.8 Å². The van der Waals surface area contributed by atoms with Crippen LogP contribution in [0.25, 0.3) is 11.1 Å². The van der Waals surface area contributed by atoms with Crippen LogP contribution in [0.15, 0.2) is 58.8 Å². The molecule has 2 saturated heterocycles. The van der Waals surface area contributed by atoms with Crippen LogP contribution >= 0.6 is 22.9 Å². The Morgan fingerprint density at radius 1 is 1.11 bits per heavy atom. The average Bonchev–Trinajstić information content (AvgIpc) is 3.49. The van der Waals surface area contributed by atoms with Crippen LogP contribution in [-0.4, -0.2) is 56.1 Å². The van der Waals surface area contributed by atoms with E-state index >= 15 is 4.39 Å². The molecule has 0 spiro atoms. The fourth-order valence-electron chi connectivity index (χ4n) is 4.94.